The first kappa shape index (κ1) is 15.6. The van der Waals surface area contributed by atoms with Crippen LogP contribution in [0.2, 0.25) is 0 Å². The van der Waals surface area contributed by atoms with Crippen molar-refractivity contribution in [3.63, 3.8) is 0 Å². The first-order valence-corrected chi connectivity index (χ1v) is 7.66. The fourth-order valence-corrected chi connectivity index (χ4v) is 3.17. The van der Waals surface area contributed by atoms with Crippen LogP contribution in [0, 0.1) is 16.0 Å². The van der Waals surface area contributed by atoms with E-state index in [0.29, 0.717) is 0 Å². The lowest BCUT2D eigenvalue weighted by Crippen LogP contribution is -2.35. The molecule has 0 aliphatic heterocycles. The molecular formula is C12H18N2O4S. The second-order valence-corrected chi connectivity index (χ2v) is 6.62. The molecule has 0 aliphatic rings. The van der Waals surface area contributed by atoms with Crippen LogP contribution in [0.15, 0.2) is 29.2 Å². The number of nitro groups is 1. The molecule has 1 aromatic rings. The monoisotopic (exact) mass is 286 g/mol. The molecule has 0 spiro atoms. The third-order valence-corrected chi connectivity index (χ3v) is 5.01. The fourth-order valence-electron chi connectivity index (χ4n) is 1.59. The molecule has 0 saturated heterocycles. The van der Waals surface area contributed by atoms with Gasteiger partial charge in [-0.05, 0) is 18.1 Å². The molecule has 7 heteroatoms. The van der Waals surface area contributed by atoms with Gasteiger partial charge in [-0.2, -0.15) is 0 Å². The van der Waals surface area contributed by atoms with E-state index in [-0.39, 0.29) is 22.3 Å². The first-order chi connectivity index (χ1) is 8.77. The Hall–Kier alpha value is -1.47. The molecule has 0 radical (unpaired) electrons. The molecule has 0 aliphatic carbocycles. The predicted octanol–water partition coefficient (Wildman–Crippen LogP) is 1.74. The van der Waals surface area contributed by atoms with E-state index in [1.807, 2.05) is 13.8 Å². The molecule has 0 heterocycles. The quantitative estimate of drug-likeness (QED) is 0.633. The molecule has 0 aromatic heterocycles. The minimum absolute atomic E-state index is 0.0665. The van der Waals surface area contributed by atoms with E-state index in [9.17, 15) is 18.5 Å². The van der Waals surface area contributed by atoms with E-state index < -0.39 is 20.8 Å². The van der Waals surface area contributed by atoms with Gasteiger partial charge in [0.25, 0.3) is 5.69 Å². The normalized spacial score (nSPS) is 14.9. The Morgan fingerprint density at radius 1 is 1.32 bits per heavy atom. The van der Waals surface area contributed by atoms with Crippen molar-refractivity contribution >= 4 is 15.5 Å². The van der Waals surface area contributed by atoms with E-state index in [4.69, 9.17) is 5.73 Å². The summed E-state index contributed by atoms with van der Waals surface area (Å²) in [5.41, 5.74) is 5.71. The van der Waals surface area contributed by atoms with Crippen LogP contribution in [0.4, 0.5) is 5.69 Å². The molecule has 0 bridgehead atoms. The second kappa shape index (κ2) is 6.12. The molecule has 0 fully saturated rings. The van der Waals surface area contributed by atoms with Gasteiger partial charge >= 0.3 is 0 Å². The zero-order chi connectivity index (χ0) is 14.6. The van der Waals surface area contributed by atoms with Crippen LogP contribution in [0.5, 0.6) is 0 Å². The predicted molar refractivity (Wildman–Crippen MR) is 72.6 cm³/mol. The maximum atomic E-state index is 12.1. The number of nitrogens with zero attached hydrogens (tertiary/aromatic N) is 1. The summed E-state index contributed by atoms with van der Waals surface area (Å²) in [6.45, 7) is 3.85. The minimum atomic E-state index is -3.50. The maximum absolute atomic E-state index is 12.1. The van der Waals surface area contributed by atoms with Crippen molar-refractivity contribution in [3.8, 4) is 0 Å². The molecule has 6 nitrogen and oxygen atoms in total. The third-order valence-electron chi connectivity index (χ3n) is 3.19. The number of hydrogen-bond donors (Lipinski definition) is 1. The van der Waals surface area contributed by atoms with Crippen LogP contribution in [0.25, 0.3) is 0 Å². The van der Waals surface area contributed by atoms with E-state index >= 15 is 0 Å². The largest absolute Gasteiger partial charge is 0.327 e. The van der Waals surface area contributed by atoms with Gasteiger partial charge in [0.2, 0.25) is 0 Å². The zero-order valence-electron chi connectivity index (χ0n) is 10.9. The van der Waals surface area contributed by atoms with Gasteiger partial charge in [0, 0.05) is 18.2 Å². The molecule has 1 aromatic carbocycles. The van der Waals surface area contributed by atoms with Gasteiger partial charge in [-0.1, -0.05) is 20.3 Å². The number of benzene rings is 1. The lowest BCUT2D eigenvalue weighted by atomic mass is 10.0. The van der Waals surface area contributed by atoms with Crippen LogP contribution in [-0.4, -0.2) is 25.1 Å². The smallest absolute Gasteiger partial charge is 0.269 e. The molecule has 2 atom stereocenters. The Bertz CT molecular complexity index is 539. The molecule has 1 rings (SSSR count). The van der Waals surface area contributed by atoms with Gasteiger partial charge in [0.1, 0.15) is 0 Å². The van der Waals surface area contributed by atoms with Crippen LogP contribution >= 0.6 is 0 Å². The third kappa shape index (κ3) is 4.00. The first-order valence-electron chi connectivity index (χ1n) is 6.00. The Morgan fingerprint density at radius 3 is 2.26 bits per heavy atom. The molecule has 0 amide bonds. The van der Waals surface area contributed by atoms with Crippen molar-refractivity contribution in [2.24, 2.45) is 11.7 Å². The van der Waals surface area contributed by atoms with Crippen molar-refractivity contribution in [2.75, 3.05) is 5.75 Å². The van der Waals surface area contributed by atoms with Crippen LogP contribution in [0.3, 0.4) is 0 Å². The lowest BCUT2D eigenvalue weighted by Gasteiger charge is -2.18. The van der Waals surface area contributed by atoms with Crippen molar-refractivity contribution in [1.29, 1.82) is 0 Å². The van der Waals surface area contributed by atoms with Gasteiger partial charge in [-0.15, -0.1) is 0 Å². The van der Waals surface area contributed by atoms with Gasteiger partial charge in [-0.25, -0.2) is 8.42 Å². The lowest BCUT2D eigenvalue weighted by molar-refractivity contribution is -0.384. The van der Waals surface area contributed by atoms with E-state index in [1.165, 1.54) is 24.3 Å². The second-order valence-electron chi connectivity index (χ2n) is 4.58. The number of non-ortho nitro benzene ring substituents is 1. The molecule has 106 valence electrons. The molecule has 2 N–H and O–H groups in total. The van der Waals surface area contributed by atoms with Crippen LogP contribution < -0.4 is 5.73 Å². The number of nitrogens with two attached hydrogens (primary N) is 1. The number of sulfone groups is 1. The Morgan fingerprint density at radius 2 is 1.84 bits per heavy atom. The maximum Gasteiger partial charge on any atom is 0.269 e. The van der Waals surface area contributed by atoms with Crippen LogP contribution in [-0.2, 0) is 9.84 Å². The summed E-state index contributed by atoms with van der Waals surface area (Å²) in [6, 6.07) is 4.42. The van der Waals surface area contributed by atoms with E-state index in [0.717, 1.165) is 6.42 Å². The molecule has 0 saturated carbocycles. The van der Waals surface area contributed by atoms with Crippen molar-refractivity contribution in [1.82, 2.24) is 0 Å². The molecule has 2 unspecified atom stereocenters. The summed E-state index contributed by atoms with van der Waals surface area (Å²) in [7, 11) is -3.50. The molecular weight excluding hydrogens is 268 g/mol. The highest BCUT2D eigenvalue weighted by Gasteiger charge is 2.22. The number of nitro benzene ring substituents is 1. The highest BCUT2D eigenvalue weighted by atomic mass is 32.2. The number of rotatable bonds is 6. The van der Waals surface area contributed by atoms with Crippen molar-refractivity contribution < 1.29 is 13.3 Å². The standard InChI is InChI=1S/C12H18N2O4S/c1-3-9(2)12(13)8-19(17,18)11-6-4-10(5-7-11)14(15)16/h4-7,9,12H,3,8,13H2,1-2H3. The summed E-state index contributed by atoms with van der Waals surface area (Å²) in [5, 5.41) is 10.5. The van der Waals surface area contributed by atoms with Gasteiger partial charge in [0.05, 0.1) is 15.6 Å². The topological polar surface area (TPSA) is 103 Å². The van der Waals surface area contributed by atoms with Crippen LogP contribution in [0.1, 0.15) is 20.3 Å². The number of hydrogen-bond acceptors (Lipinski definition) is 5. The highest BCUT2D eigenvalue weighted by Crippen LogP contribution is 2.19. The zero-order valence-corrected chi connectivity index (χ0v) is 11.8. The van der Waals surface area contributed by atoms with E-state index in [1.54, 1.807) is 0 Å². The van der Waals surface area contributed by atoms with Crippen molar-refractivity contribution in [2.45, 2.75) is 31.2 Å². The highest BCUT2D eigenvalue weighted by molar-refractivity contribution is 7.91. The Balaban J connectivity index is 2.91. The summed E-state index contributed by atoms with van der Waals surface area (Å²) < 4.78 is 24.2. The van der Waals surface area contributed by atoms with Gasteiger partial charge < -0.3 is 5.73 Å². The fraction of sp³-hybridized carbons (Fsp3) is 0.500. The molecule has 19 heavy (non-hydrogen) atoms. The average Bonchev–Trinajstić information content (AvgIpc) is 2.37. The average molecular weight is 286 g/mol. The van der Waals surface area contributed by atoms with Gasteiger partial charge in [-0.3, -0.25) is 10.1 Å². The summed E-state index contributed by atoms with van der Waals surface area (Å²) in [6.07, 6.45) is 0.803. The Kier molecular flexibility index (Phi) is 5.02. The van der Waals surface area contributed by atoms with E-state index in [2.05, 4.69) is 0 Å². The summed E-state index contributed by atoms with van der Waals surface area (Å²) in [4.78, 5) is 10.0. The SMILES string of the molecule is CCC(C)C(N)CS(=O)(=O)c1ccc([N+](=O)[O-])cc1. The summed E-state index contributed by atoms with van der Waals surface area (Å²) in [5.74, 6) is -0.0485. The minimum Gasteiger partial charge on any atom is -0.327 e. The van der Waals surface area contributed by atoms with Gasteiger partial charge in [0.15, 0.2) is 9.84 Å². The Labute approximate surface area is 112 Å². The summed E-state index contributed by atoms with van der Waals surface area (Å²) >= 11 is 0. The van der Waals surface area contributed by atoms with Crippen molar-refractivity contribution in [3.05, 3.63) is 34.4 Å².